The van der Waals surface area contributed by atoms with Gasteiger partial charge in [-0.05, 0) is 11.6 Å². The molecule has 5 heteroatoms. The fourth-order valence-corrected chi connectivity index (χ4v) is 1.52. The van der Waals surface area contributed by atoms with Crippen LogP contribution in [-0.2, 0) is 11.6 Å². The van der Waals surface area contributed by atoms with Gasteiger partial charge in [-0.25, -0.2) is 0 Å². The normalized spacial score (nSPS) is 15.9. The lowest BCUT2D eigenvalue weighted by Gasteiger charge is -2.29. The lowest BCUT2D eigenvalue weighted by Crippen LogP contribution is -2.37. The first-order chi connectivity index (χ1) is 7.35. The maximum absolute atomic E-state index is 12.7. The number of alkyl halides is 3. The van der Waals surface area contributed by atoms with Gasteiger partial charge in [0.2, 0.25) is 0 Å². The molecule has 0 bridgehead atoms. The Kier molecular flexibility index (Phi) is 3.60. The predicted octanol–water partition coefficient (Wildman–Crippen LogP) is 1.91. The monoisotopic (exact) mass is 233 g/mol. The van der Waals surface area contributed by atoms with E-state index in [1.54, 1.807) is 0 Å². The molecular weight excluding hydrogens is 219 g/mol. The van der Waals surface area contributed by atoms with Gasteiger partial charge in [-0.2, -0.15) is 13.2 Å². The van der Waals surface area contributed by atoms with Crippen LogP contribution < -0.4 is 5.73 Å². The molecule has 0 saturated carbocycles. The van der Waals surface area contributed by atoms with E-state index in [-0.39, 0.29) is 12.1 Å². The molecule has 1 unspecified atom stereocenters. The largest absolute Gasteiger partial charge is 0.416 e. The lowest BCUT2D eigenvalue weighted by atomic mass is 9.80. The highest BCUT2D eigenvalue weighted by Gasteiger charge is 2.38. The van der Waals surface area contributed by atoms with Crippen LogP contribution in [0.3, 0.4) is 0 Å². The van der Waals surface area contributed by atoms with E-state index in [9.17, 15) is 18.3 Å². The topological polar surface area (TPSA) is 46.2 Å². The van der Waals surface area contributed by atoms with E-state index in [1.807, 2.05) is 0 Å². The summed E-state index contributed by atoms with van der Waals surface area (Å²) in [6, 6.07) is 5.18. The number of halogens is 3. The minimum atomic E-state index is -4.43. The van der Waals surface area contributed by atoms with Crippen LogP contribution in [0, 0.1) is 0 Å². The molecule has 0 fully saturated rings. The summed E-state index contributed by atoms with van der Waals surface area (Å²) in [6.07, 6.45) is -4.43. The molecule has 0 amide bonds. The zero-order chi connectivity index (χ0) is 12.4. The number of aliphatic hydroxyl groups excluding tert-OH is 1. The summed E-state index contributed by atoms with van der Waals surface area (Å²) in [5, 5.41) is 9.18. The van der Waals surface area contributed by atoms with Crippen molar-refractivity contribution in [2.45, 2.75) is 18.5 Å². The highest BCUT2D eigenvalue weighted by molar-refractivity contribution is 5.36. The maximum atomic E-state index is 12.7. The Labute approximate surface area is 91.9 Å². The number of hydrogen-bond acceptors (Lipinski definition) is 2. The van der Waals surface area contributed by atoms with Crippen molar-refractivity contribution in [3.05, 3.63) is 35.4 Å². The third-order valence-corrected chi connectivity index (χ3v) is 2.68. The molecule has 1 rings (SSSR count). The van der Waals surface area contributed by atoms with E-state index >= 15 is 0 Å². The summed E-state index contributed by atoms with van der Waals surface area (Å²) in [7, 11) is 0. The van der Waals surface area contributed by atoms with Gasteiger partial charge in [0.25, 0.3) is 0 Å². The Hall–Kier alpha value is -1.07. The maximum Gasteiger partial charge on any atom is 0.416 e. The average Bonchev–Trinajstić information content (AvgIpc) is 2.27. The second-order valence-corrected chi connectivity index (χ2v) is 3.97. The van der Waals surface area contributed by atoms with Crippen molar-refractivity contribution in [1.29, 1.82) is 0 Å². The van der Waals surface area contributed by atoms with Crippen molar-refractivity contribution >= 4 is 0 Å². The molecule has 1 atom stereocenters. The third kappa shape index (κ3) is 2.36. The summed E-state index contributed by atoms with van der Waals surface area (Å²) >= 11 is 0. The fourth-order valence-electron chi connectivity index (χ4n) is 1.52. The van der Waals surface area contributed by atoms with Crippen molar-refractivity contribution < 1.29 is 18.3 Å². The summed E-state index contributed by atoms with van der Waals surface area (Å²) in [4.78, 5) is 0. The van der Waals surface area contributed by atoms with Crippen LogP contribution in [0.15, 0.2) is 24.3 Å². The van der Waals surface area contributed by atoms with Crippen LogP contribution in [0.5, 0.6) is 0 Å². The van der Waals surface area contributed by atoms with Crippen molar-refractivity contribution in [3.63, 3.8) is 0 Å². The number of aliphatic hydroxyl groups is 1. The minimum absolute atomic E-state index is 0.0347. The molecule has 1 aromatic rings. The number of nitrogens with two attached hydrogens (primary N) is 1. The highest BCUT2D eigenvalue weighted by Crippen LogP contribution is 2.36. The van der Waals surface area contributed by atoms with Crippen molar-refractivity contribution in [3.8, 4) is 0 Å². The molecule has 1 aromatic carbocycles. The van der Waals surface area contributed by atoms with Gasteiger partial charge in [0, 0.05) is 12.0 Å². The SMILES string of the molecule is CC(CN)(CO)c1ccccc1C(F)(F)F. The molecule has 0 aliphatic heterocycles. The molecule has 3 N–H and O–H groups in total. The van der Waals surface area contributed by atoms with Crippen LogP contribution >= 0.6 is 0 Å². The van der Waals surface area contributed by atoms with Gasteiger partial charge in [-0.1, -0.05) is 25.1 Å². The van der Waals surface area contributed by atoms with E-state index in [0.717, 1.165) is 6.07 Å². The fraction of sp³-hybridized carbons (Fsp3) is 0.455. The average molecular weight is 233 g/mol. The van der Waals surface area contributed by atoms with Crippen LogP contribution in [-0.4, -0.2) is 18.3 Å². The van der Waals surface area contributed by atoms with Crippen LogP contribution in [0.1, 0.15) is 18.1 Å². The van der Waals surface area contributed by atoms with Gasteiger partial charge in [0.1, 0.15) is 0 Å². The van der Waals surface area contributed by atoms with Crippen LogP contribution in [0.25, 0.3) is 0 Å². The molecule has 2 nitrogen and oxygen atoms in total. The first-order valence-electron chi connectivity index (χ1n) is 4.83. The van der Waals surface area contributed by atoms with Gasteiger partial charge < -0.3 is 10.8 Å². The van der Waals surface area contributed by atoms with E-state index in [0.29, 0.717) is 0 Å². The summed E-state index contributed by atoms with van der Waals surface area (Å²) < 4.78 is 38.2. The van der Waals surface area contributed by atoms with Gasteiger partial charge in [0.05, 0.1) is 12.2 Å². The molecule has 0 heterocycles. The van der Waals surface area contributed by atoms with Gasteiger partial charge in [-0.15, -0.1) is 0 Å². The quantitative estimate of drug-likeness (QED) is 0.837. The molecule has 0 spiro atoms. The van der Waals surface area contributed by atoms with Crippen LogP contribution in [0.2, 0.25) is 0 Å². The molecule has 0 aliphatic rings. The second kappa shape index (κ2) is 4.43. The standard InChI is InChI=1S/C11H14F3NO/c1-10(6-15,7-16)8-4-2-3-5-9(8)11(12,13)14/h2-5,16H,6-7,15H2,1H3. The third-order valence-electron chi connectivity index (χ3n) is 2.68. The predicted molar refractivity (Wildman–Crippen MR) is 54.9 cm³/mol. The Balaban J connectivity index is 3.34. The number of hydrogen-bond donors (Lipinski definition) is 2. The lowest BCUT2D eigenvalue weighted by molar-refractivity contribution is -0.138. The molecule has 16 heavy (non-hydrogen) atoms. The number of benzene rings is 1. The Morgan fingerprint density at radius 1 is 1.19 bits per heavy atom. The molecular formula is C11H14F3NO. The van der Waals surface area contributed by atoms with Gasteiger partial charge >= 0.3 is 6.18 Å². The molecule has 0 aliphatic carbocycles. The summed E-state index contributed by atoms with van der Waals surface area (Å²) in [5.74, 6) is 0. The second-order valence-electron chi connectivity index (χ2n) is 3.97. The molecule has 0 radical (unpaired) electrons. The van der Waals surface area contributed by atoms with Gasteiger partial charge in [0.15, 0.2) is 0 Å². The first kappa shape index (κ1) is 13.0. The number of rotatable bonds is 3. The van der Waals surface area contributed by atoms with E-state index in [4.69, 9.17) is 5.73 Å². The smallest absolute Gasteiger partial charge is 0.395 e. The zero-order valence-corrected chi connectivity index (χ0v) is 8.88. The first-order valence-corrected chi connectivity index (χ1v) is 4.83. The summed E-state index contributed by atoms with van der Waals surface area (Å²) in [6.45, 7) is 1.05. The summed E-state index contributed by atoms with van der Waals surface area (Å²) in [5.41, 5.74) is 3.67. The molecule has 0 aromatic heterocycles. The van der Waals surface area contributed by atoms with Crippen molar-refractivity contribution in [1.82, 2.24) is 0 Å². The van der Waals surface area contributed by atoms with E-state index in [1.165, 1.54) is 25.1 Å². The molecule has 90 valence electrons. The van der Waals surface area contributed by atoms with Crippen molar-refractivity contribution in [2.24, 2.45) is 5.73 Å². The minimum Gasteiger partial charge on any atom is -0.395 e. The zero-order valence-electron chi connectivity index (χ0n) is 8.88. The Morgan fingerprint density at radius 2 is 1.69 bits per heavy atom. The van der Waals surface area contributed by atoms with Gasteiger partial charge in [-0.3, -0.25) is 0 Å². The Morgan fingerprint density at radius 3 is 2.06 bits per heavy atom. The molecule has 0 saturated heterocycles. The Bertz CT molecular complexity index is 358. The highest BCUT2D eigenvalue weighted by atomic mass is 19.4. The van der Waals surface area contributed by atoms with E-state index < -0.39 is 23.8 Å². The van der Waals surface area contributed by atoms with Crippen molar-refractivity contribution in [2.75, 3.05) is 13.2 Å². The van der Waals surface area contributed by atoms with E-state index in [2.05, 4.69) is 0 Å². The van der Waals surface area contributed by atoms with Crippen LogP contribution in [0.4, 0.5) is 13.2 Å².